The lowest BCUT2D eigenvalue weighted by Gasteiger charge is -2.34. The van der Waals surface area contributed by atoms with E-state index in [1.807, 2.05) is 44.0 Å². The molecule has 0 saturated carbocycles. The summed E-state index contributed by atoms with van der Waals surface area (Å²) in [5.74, 6) is -1.12. The predicted octanol–water partition coefficient (Wildman–Crippen LogP) is 2.97. The first-order valence-electron chi connectivity index (χ1n) is 10.2. The van der Waals surface area contributed by atoms with Crippen LogP contribution in [0.1, 0.15) is 22.3 Å². The van der Waals surface area contributed by atoms with Gasteiger partial charge in [0.15, 0.2) is 0 Å². The zero-order chi connectivity index (χ0) is 21.4. The maximum Gasteiger partial charge on any atom is 0.278 e. The van der Waals surface area contributed by atoms with Gasteiger partial charge >= 0.3 is 0 Å². The van der Waals surface area contributed by atoms with Crippen molar-refractivity contribution in [2.24, 2.45) is 0 Å². The number of halogens is 1. The molecule has 30 heavy (non-hydrogen) atoms. The summed E-state index contributed by atoms with van der Waals surface area (Å²) in [6.07, 6.45) is 0. The average molecular weight is 407 g/mol. The minimum Gasteiger partial charge on any atom is -0.364 e. The van der Waals surface area contributed by atoms with Gasteiger partial charge < -0.3 is 9.80 Å². The molecule has 5 nitrogen and oxygen atoms in total. The number of rotatable bonds is 4. The van der Waals surface area contributed by atoms with Crippen molar-refractivity contribution in [1.82, 2.24) is 14.7 Å². The van der Waals surface area contributed by atoms with Gasteiger partial charge in [-0.05, 0) is 43.7 Å². The molecule has 0 N–H and O–H groups in total. The summed E-state index contributed by atoms with van der Waals surface area (Å²) in [6.45, 7) is 6.92. The number of piperazine rings is 1. The largest absolute Gasteiger partial charge is 0.364 e. The summed E-state index contributed by atoms with van der Waals surface area (Å²) in [7, 11) is 2.04. The number of likely N-dealkylation sites (N-methyl/N-ethyl adjacent to an activating group) is 1. The highest BCUT2D eigenvalue weighted by molar-refractivity contribution is 6.35. The van der Waals surface area contributed by atoms with Crippen LogP contribution in [0.4, 0.5) is 4.39 Å². The third-order valence-corrected chi connectivity index (χ3v) is 6.04. The van der Waals surface area contributed by atoms with E-state index in [0.29, 0.717) is 29.9 Å². The van der Waals surface area contributed by atoms with Crippen molar-refractivity contribution in [2.75, 3.05) is 33.2 Å². The maximum absolute atomic E-state index is 14.2. The van der Waals surface area contributed by atoms with E-state index < -0.39 is 5.82 Å². The second-order valence-corrected chi connectivity index (χ2v) is 8.10. The van der Waals surface area contributed by atoms with Crippen LogP contribution in [0.3, 0.4) is 0 Å². The molecule has 2 aliphatic rings. The molecule has 0 aromatic heterocycles. The van der Waals surface area contributed by atoms with Crippen LogP contribution < -0.4 is 0 Å². The van der Waals surface area contributed by atoms with Crippen molar-refractivity contribution in [3.05, 3.63) is 76.2 Å². The molecule has 2 amide bonds. The second kappa shape index (κ2) is 8.03. The lowest BCUT2D eigenvalue weighted by molar-refractivity contribution is -0.138. The van der Waals surface area contributed by atoms with Gasteiger partial charge in [-0.15, -0.1) is 0 Å². The first-order chi connectivity index (χ1) is 14.4. The van der Waals surface area contributed by atoms with E-state index in [9.17, 15) is 14.0 Å². The zero-order valence-electron chi connectivity index (χ0n) is 17.6. The van der Waals surface area contributed by atoms with Gasteiger partial charge in [-0.2, -0.15) is 0 Å². The monoisotopic (exact) mass is 407 g/mol. The lowest BCUT2D eigenvalue weighted by atomic mass is 9.99. The molecule has 2 aromatic rings. The quantitative estimate of drug-likeness (QED) is 0.731. The molecule has 0 radical (unpaired) electrons. The van der Waals surface area contributed by atoms with Crippen molar-refractivity contribution in [2.45, 2.75) is 20.4 Å². The van der Waals surface area contributed by atoms with Crippen LogP contribution in [-0.2, 0) is 16.1 Å². The minimum atomic E-state index is -0.418. The van der Waals surface area contributed by atoms with Crippen molar-refractivity contribution in [1.29, 1.82) is 0 Å². The number of benzene rings is 2. The van der Waals surface area contributed by atoms with Crippen LogP contribution in [0.2, 0.25) is 0 Å². The highest BCUT2D eigenvalue weighted by Crippen LogP contribution is 2.34. The van der Waals surface area contributed by atoms with Crippen LogP contribution in [0.25, 0.3) is 5.57 Å². The van der Waals surface area contributed by atoms with Gasteiger partial charge in [-0.1, -0.05) is 36.4 Å². The number of carbonyl (C=O) groups excluding carboxylic acids is 2. The number of aryl methyl sites for hydroxylation is 2. The summed E-state index contributed by atoms with van der Waals surface area (Å²) >= 11 is 0. The Bertz CT molecular complexity index is 1040. The molecule has 0 atom stereocenters. The van der Waals surface area contributed by atoms with Crippen LogP contribution in [-0.4, -0.2) is 59.7 Å². The molecule has 1 fully saturated rings. The van der Waals surface area contributed by atoms with Gasteiger partial charge in [0.2, 0.25) is 0 Å². The van der Waals surface area contributed by atoms with Gasteiger partial charge in [-0.3, -0.25) is 14.5 Å². The van der Waals surface area contributed by atoms with E-state index in [2.05, 4.69) is 4.90 Å². The van der Waals surface area contributed by atoms with Crippen LogP contribution in [0.15, 0.2) is 48.2 Å². The Kier molecular flexibility index (Phi) is 5.43. The van der Waals surface area contributed by atoms with E-state index >= 15 is 0 Å². The standard InChI is InChI=1S/C24H26FN3O2/c1-16-8-9-18(14-17(16)2)21-22(27-12-10-26(3)11-13-27)24(30)28(23(21)29)15-19-6-4-5-7-20(19)25/h4-9,14H,10-13,15H2,1-3H3. The van der Waals surface area contributed by atoms with Gasteiger partial charge in [0.05, 0.1) is 12.1 Å². The Morgan fingerprint density at radius 2 is 1.60 bits per heavy atom. The SMILES string of the molecule is Cc1ccc(C2=C(N3CCN(C)CC3)C(=O)N(Cc3ccccc3F)C2=O)cc1C. The van der Waals surface area contributed by atoms with E-state index in [4.69, 9.17) is 0 Å². The number of imide groups is 1. The van der Waals surface area contributed by atoms with Gasteiger partial charge in [-0.25, -0.2) is 4.39 Å². The molecule has 0 bridgehead atoms. The molecule has 0 aliphatic carbocycles. The van der Waals surface area contributed by atoms with Crippen LogP contribution in [0, 0.1) is 19.7 Å². The molecule has 2 heterocycles. The van der Waals surface area contributed by atoms with E-state index in [1.54, 1.807) is 18.2 Å². The molecule has 2 aliphatic heterocycles. The first kappa shape index (κ1) is 20.3. The van der Waals surface area contributed by atoms with Crippen LogP contribution >= 0.6 is 0 Å². The Balaban J connectivity index is 1.76. The molecular weight excluding hydrogens is 381 g/mol. The molecule has 0 spiro atoms. The highest BCUT2D eigenvalue weighted by Gasteiger charge is 2.42. The molecular formula is C24H26FN3O2. The predicted molar refractivity (Wildman–Crippen MR) is 114 cm³/mol. The number of amides is 2. The first-order valence-corrected chi connectivity index (χ1v) is 10.2. The normalized spacial score (nSPS) is 18.0. The molecule has 6 heteroatoms. The lowest BCUT2D eigenvalue weighted by Crippen LogP contribution is -2.46. The van der Waals surface area contributed by atoms with Gasteiger partial charge in [0.25, 0.3) is 11.8 Å². The molecule has 1 saturated heterocycles. The Hall–Kier alpha value is -2.99. The fourth-order valence-electron chi connectivity index (χ4n) is 3.98. The second-order valence-electron chi connectivity index (χ2n) is 8.10. The molecule has 156 valence electrons. The summed E-state index contributed by atoms with van der Waals surface area (Å²) in [5, 5.41) is 0. The third kappa shape index (κ3) is 3.63. The van der Waals surface area contributed by atoms with Crippen LogP contribution in [0.5, 0.6) is 0 Å². The smallest absolute Gasteiger partial charge is 0.278 e. The van der Waals surface area contributed by atoms with Crippen molar-refractivity contribution in [3.8, 4) is 0 Å². The number of hydrogen-bond acceptors (Lipinski definition) is 4. The fraction of sp³-hybridized carbons (Fsp3) is 0.333. The Morgan fingerprint density at radius 1 is 0.900 bits per heavy atom. The summed E-state index contributed by atoms with van der Waals surface area (Å²) in [5.41, 5.74) is 4.11. The topological polar surface area (TPSA) is 43.9 Å². The molecule has 4 rings (SSSR count). The summed E-state index contributed by atoms with van der Waals surface area (Å²) in [4.78, 5) is 32.2. The minimum absolute atomic E-state index is 0.0735. The van der Waals surface area contributed by atoms with Crippen molar-refractivity contribution < 1.29 is 14.0 Å². The number of carbonyl (C=O) groups is 2. The van der Waals surface area contributed by atoms with Gasteiger partial charge in [0, 0.05) is 31.7 Å². The average Bonchev–Trinajstić information content (AvgIpc) is 2.97. The molecule has 0 unspecified atom stereocenters. The van der Waals surface area contributed by atoms with E-state index in [0.717, 1.165) is 29.8 Å². The van der Waals surface area contributed by atoms with Gasteiger partial charge in [0.1, 0.15) is 11.5 Å². The number of hydrogen-bond donors (Lipinski definition) is 0. The Labute approximate surface area is 176 Å². The highest BCUT2D eigenvalue weighted by atomic mass is 19.1. The third-order valence-electron chi connectivity index (χ3n) is 6.04. The van der Waals surface area contributed by atoms with Crippen molar-refractivity contribution >= 4 is 17.4 Å². The maximum atomic E-state index is 14.2. The summed E-state index contributed by atoms with van der Waals surface area (Å²) in [6, 6.07) is 12.1. The van der Waals surface area contributed by atoms with E-state index in [-0.39, 0.29) is 18.4 Å². The Morgan fingerprint density at radius 3 is 2.27 bits per heavy atom. The molecule has 2 aromatic carbocycles. The van der Waals surface area contributed by atoms with E-state index in [1.165, 1.54) is 11.0 Å². The number of nitrogens with zero attached hydrogens (tertiary/aromatic N) is 3. The zero-order valence-corrected chi connectivity index (χ0v) is 17.6. The summed E-state index contributed by atoms with van der Waals surface area (Å²) < 4.78 is 14.2. The van der Waals surface area contributed by atoms with Crippen molar-refractivity contribution in [3.63, 3.8) is 0 Å². The fourth-order valence-corrected chi connectivity index (χ4v) is 3.98.